The molecule has 2 N–H and O–H groups in total. The number of benzene rings is 2. The van der Waals surface area contributed by atoms with E-state index in [0.29, 0.717) is 24.9 Å². The van der Waals surface area contributed by atoms with Gasteiger partial charge in [0.15, 0.2) is 0 Å². The van der Waals surface area contributed by atoms with Crippen molar-refractivity contribution in [2.45, 2.75) is 40.5 Å². The highest BCUT2D eigenvalue weighted by Gasteiger charge is 2.20. The molecule has 2 aromatic carbocycles. The number of rotatable bonds is 10. The van der Waals surface area contributed by atoms with Crippen LogP contribution >= 0.6 is 0 Å². The molecule has 6 heteroatoms. The quantitative estimate of drug-likeness (QED) is 0.354. The largest absolute Gasteiger partial charge is 0.493 e. The lowest BCUT2D eigenvalue weighted by atomic mass is 9.99. The minimum absolute atomic E-state index is 0.161. The summed E-state index contributed by atoms with van der Waals surface area (Å²) in [6, 6.07) is 17.6. The lowest BCUT2D eigenvalue weighted by molar-refractivity contribution is 0.0696. The maximum atomic E-state index is 11.3. The van der Waals surface area contributed by atoms with Crippen molar-refractivity contribution in [1.82, 2.24) is 4.98 Å². The Morgan fingerprint density at radius 3 is 2.36 bits per heavy atom. The van der Waals surface area contributed by atoms with Crippen molar-refractivity contribution >= 4 is 28.8 Å². The van der Waals surface area contributed by atoms with Gasteiger partial charge in [0.2, 0.25) is 0 Å². The van der Waals surface area contributed by atoms with E-state index in [2.05, 4.69) is 55.0 Å². The third kappa shape index (κ3) is 6.04. The summed E-state index contributed by atoms with van der Waals surface area (Å²) in [6.07, 6.45) is 1.39. The predicted octanol–water partition coefficient (Wildman–Crippen LogP) is 6.84. The summed E-state index contributed by atoms with van der Waals surface area (Å²) in [5.41, 5.74) is 4.12. The second kappa shape index (κ2) is 10.9. The summed E-state index contributed by atoms with van der Waals surface area (Å²) in [6.45, 7) is 11.9. The zero-order chi connectivity index (χ0) is 24.0. The molecule has 33 heavy (non-hydrogen) atoms. The molecule has 1 aromatic heterocycles. The molecular formula is C27H33N3O3. The molecule has 0 atom stereocenters. The molecule has 0 amide bonds. The van der Waals surface area contributed by atoms with Gasteiger partial charge in [-0.2, -0.15) is 0 Å². The van der Waals surface area contributed by atoms with Crippen molar-refractivity contribution in [3.8, 4) is 5.75 Å². The van der Waals surface area contributed by atoms with Crippen LogP contribution in [0.1, 0.15) is 56.5 Å². The lowest BCUT2D eigenvalue weighted by Gasteiger charge is -2.28. The Morgan fingerprint density at radius 2 is 1.82 bits per heavy atom. The molecule has 0 saturated heterocycles. The summed E-state index contributed by atoms with van der Waals surface area (Å²) in [5.74, 6) is 1.22. The number of aromatic carboxylic acids is 1. The van der Waals surface area contributed by atoms with Crippen LogP contribution in [0.15, 0.2) is 60.8 Å². The van der Waals surface area contributed by atoms with E-state index < -0.39 is 5.97 Å². The number of aromatic nitrogens is 1. The van der Waals surface area contributed by atoms with Crippen LogP contribution in [0.3, 0.4) is 0 Å². The van der Waals surface area contributed by atoms with Gasteiger partial charge in [-0.25, -0.2) is 9.78 Å². The molecule has 0 aliphatic heterocycles. The topological polar surface area (TPSA) is 74.7 Å². The SMILES string of the molecule is CCN(c1ccc(C(=O)O)cn1)c1cc(OCC(C)C)c(C(C)C)cc1Nc1ccccc1. The van der Waals surface area contributed by atoms with Gasteiger partial charge < -0.3 is 20.1 Å². The fourth-order valence-corrected chi connectivity index (χ4v) is 3.55. The van der Waals surface area contributed by atoms with E-state index in [9.17, 15) is 9.90 Å². The number of nitrogens with zero attached hydrogens (tertiary/aromatic N) is 2. The van der Waals surface area contributed by atoms with Crippen LogP contribution in [0, 0.1) is 5.92 Å². The van der Waals surface area contributed by atoms with E-state index in [1.807, 2.05) is 37.3 Å². The predicted molar refractivity (Wildman–Crippen MR) is 134 cm³/mol. The Labute approximate surface area is 196 Å². The van der Waals surface area contributed by atoms with Crippen LogP contribution in [-0.2, 0) is 0 Å². The van der Waals surface area contributed by atoms with Crippen LogP contribution in [0.4, 0.5) is 22.9 Å². The smallest absolute Gasteiger partial charge is 0.337 e. The Kier molecular flexibility index (Phi) is 7.93. The van der Waals surface area contributed by atoms with E-state index in [4.69, 9.17) is 4.74 Å². The summed E-state index contributed by atoms with van der Waals surface area (Å²) in [7, 11) is 0. The van der Waals surface area contributed by atoms with E-state index in [-0.39, 0.29) is 11.5 Å². The van der Waals surface area contributed by atoms with Crippen LogP contribution in [0.5, 0.6) is 5.75 Å². The molecule has 1 heterocycles. The molecule has 0 aliphatic rings. The van der Waals surface area contributed by atoms with Crippen molar-refractivity contribution in [2.75, 3.05) is 23.4 Å². The van der Waals surface area contributed by atoms with E-state index in [0.717, 1.165) is 28.4 Å². The molecule has 3 rings (SSSR count). The highest BCUT2D eigenvalue weighted by atomic mass is 16.5. The number of hydrogen-bond acceptors (Lipinski definition) is 5. The van der Waals surface area contributed by atoms with Gasteiger partial charge in [0.1, 0.15) is 11.6 Å². The molecule has 0 aliphatic carbocycles. The highest BCUT2D eigenvalue weighted by molar-refractivity contribution is 5.88. The van der Waals surface area contributed by atoms with E-state index in [1.54, 1.807) is 12.1 Å². The molecule has 0 spiro atoms. The van der Waals surface area contributed by atoms with Gasteiger partial charge in [-0.15, -0.1) is 0 Å². The van der Waals surface area contributed by atoms with Gasteiger partial charge in [0.25, 0.3) is 0 Å². The highest BCUT2D eigenvalue weighted by Crippen LogP contribution is 2.41. The van der Waals surface area contributed by atoms with Gasteiger partial charge in [0, 0.05) is 24.5 Å². The number of hydrogen-bond donors (Lipinski definition) is 2. The van der Waals surface area contributed by atoms with E-state index >= 15 is 0 Å². The average molecular weight is 448 g/mol. The van der Waals surface area contributed by atoms with Crippen molar-refractivity contribution in [1.29, 1.82) is 0 Å². The summed E-state index contributed by atoms with van der Waals surface area (Å²) < 4.78 is 6.23. The Balaban J connectivity index is 2.13. The van der Waals surface area contributed by atoms with Gasteiger partial charge in [0.05, 0.1) is 23.5 Å². The molecule has 3 aromatic rings. The first-order chi connectivity index (χ1) is 15.8. The first-order valence-corrected chi connectivity index (χ1v) is 11.4. The molecular weight excluding hydrogens is 414 g/mol. The van der Waals surface area contributed by atoms with Crippen LogP contribution in [-0.4, -0.2) is 29.2 Å². The maximum absolute atomic E-state index is 11.3. The Morgan fingerprint density at radius 1 is 1.09 bits per heavy atom. The zero-order valence-electron chi connectivity index (χ0n) is 20.0. The number of nitrogens with one attached hydrogen (secondary N) is 1. The first kappa shape index (κ1) is 24.1. The average Bonchev–Trinajstić information content (AvgIpc) is 2.80. The summed E-state index contributed by atoms with van der Waals surface area (Å²) >= 11 is 0. The molecule has 0 saturated carbocycles. The fourth-order valence-electron chi connectivity index (χ4n) is 3.55. The van der Waals surface area contributed by atoms with Crippen molar-refractivity contribution in [3.63, 3.8) is 0 Å². The van der Waals surface area contributed by atoms with Crippen LogP contribution < -0.4 is 15.0 Å². The van der Waals surface area contributed by atoms with Gasteiger partial charge in [-0.3, -0.25) is 0 Å². The van der Waals surface area contributed by atoms with Crippen molar-refractivity contribution in [3.05, 3.63) is 71.9 Å². The Hall–Kier alpha value is -3.54. The fraction of sp³-hybridized carbons (Fsp3) is 0.333. The minimum Gasteiger partial charge on any atom is -0.493 e. The molecule has 174 valence electrons. The van der Waals surface area contributed by atoms with Crippen molar-refractivity contribution in [2.24, 2.45) is 5.92 Å². The molecule has 0 radical (unpaired) electrons. The second-order valence-corrected chi connectivity index (χ2v) is 8.71. The van der Waals surface area contributed by atoms with Crippen LogP contribution in [0.2, 0.25) is 0 Å². The molecule has 0 unspecified atom stereocenters. The van der Waals surface area contributed by atoms with Crippen LogP contribution in [0.25, 0.3) is 0 Å². The second-order valence-electron chi connectivity index (χ2n) is 8.71. The molecule has 0 fully saturated rings. The van der Waals surface area contributed by atoms with Gasteiger partial charge in [-0.1, -0.05) is 45.9 Å². The van der Waals surface area contributed by atoms with Crippen molar-refractivity contribution < 1.29 is 14.6 Å². The molecule has 6 nitrogen and oxygen atoms in total. The minimum atomic E-state index is -0.991. The number of carboxylic acid groups (broad SMARTS) is 1. The van der Waals surface area contributed by atoms with Gasteiger partial charge in [-0.05, 0) is 54.7 Å². The van der Waals surface area contributed by atoms with Gasteiger partial charge >= 0.3 is 5.97 Å². The summed E-state index contributed by atoms with van der Waals surface area (Å²) in [5, 5.41) is 12.8. The van der Waals surface area contributed by atoms with E-state index in [1.165, 1.54) is 6.20 Å². The number of para-hydroxylation sites is 1. The third-order valence-electron chi connectivity index (χ3n) is 5.25. The number of carbonyl (C=O) groups is 1. The zero-order valence-corrected chi connectivity index (χ0v) is 20.0. The number of pyridine rings is 1. The number of carboxylic acids is 1. The molecule has 0 bridgehead atoms. The standard InChI is InChI=1S/C27H33N3O3/c1-6-30(26-13-12-20(16-28-26)27(31)32)24-15-25(33-17-18(2)3)22(19(4)5)14-23(24)29-21-10-8-7-9-11-21/h7-16,18-19,29H,6,17H2,1-5H3,(H,31,32). The summed E-state index contributed by atoms with van der Waals surface area (Å²) in [4.78, 5) is 17.8. The number of ether oxygens (including phenoxy) is 1. The third-order valence-corrected chi connectivity index (χ3v) is 5.25. The normalized spacial score (nSPS) is 11.0. The lowest BCUT2D eigenvalue weighted by Crippen LogP contribution is -2.19. The number of anilines is 4. The Bertz CT molecular complexity index is 1060. The monoisotopic (exact) mass is 447 g/mol. The maximum Gasteiger partial charge on any atom is 0.337 e. The first-order valence-electron chi connectivity index (χ1n) is 11.4.